The van der Waals surface area contributed by atoms with Crippen molar-refractivity contribution in [2.24, 2.45) is 5.92 Å². The molecule has 27 heavy (non-hydrogen) atoms. The molecule has 0 unspecified atom stereocenters. The lowest BCUT2D eigenvalue weighted by Gasteiger charge is -2.31. The van der Waals surface area contributed by atoms with Gasteiger partial charge in [-0.25, -0.2) is 13.4 Å². The third-order valence-corrected chi connectivity index (χ3v) is 6.93. The fourth-order valence-corrected chi connectivity index (χ4v) is 5.00. The molecule has 0 saturated carbocycles. The van der Waals surface area contributed by atoms with Crippen molar-refractivity contribution < 1.29 is 8.42 Å². The second-order valence-electron chi connectivity index (χ2n) is 6.81. The average Bonchev–Trinajstić information content (AvgIpc) is 3.18. The maximum atomic E-state index is 12.7. The van der Waals surface area contributed by atoms with Gasteiger partial charge in [-0.2, -0.15) is 4.31 Å². The molecule has 1 saturated heterocycles. The molecule has 1 fully saturated rings. The van der Waals surface area contributed by atoms with Crippen molar-refractivity contribution in [3.8, 4) is 11.4 Å². The van der Waals surface area contributed by atoms with E-state index in [-0.39, 0.29) is 4.90 Å². The largest absolute Gasteiger partial charge is 0.331 e. The van der Waals surface area contributed by atoms with Crippen molar-refractivity contribution in [3.05, 3.63) is 67.3 Å². The predicted molar refractivity (Wildman–Crippen MR) is 103 cm³/mol. The fourth-order valence-electron chi connectivity index (χ4n) is 3.56. The summed E-state index contributed by atoms with van der Waals surface area (Å²) in [5.41, 5.74) is 1.10. The zero-order valence-corrected chi connectivity index (χ0v) is 15.8. The molecule has 4 rings (SSSR count). The number of rotatable bonds is 5. The van der Waals surface area contributed by atoms with Gasteiger partial charge in [0.25, 0.3) is 0 Å². The van der Waals surface area contributed by atoms with Crippen LogP contribution >= 0.6 is 0 Å². The molecule has 3 aromatic rings. The highest BCUT2D eigenvalue weighted by Gasteiger charge is 2.29. The number of aromatic nitrogens is 3. The monoisotopic (exact) mass is 382 g/mol. The Morgan fingerprint density at radius 3 is 2.48 bits per heavy atom. The Labute approximate surface area is 159 Å². The van der Waals surface area contributed by atoms with Crippen molar-refractivity contribution in [2.75, 3.05) is 13.1 Å². The van der Waals surface area contributed by atoms with Crippen molar-refractivity contribution >= 4 is 10.0 Å². The number of hydrogen-bond donors (Lipinski definition) is 0. The number of piperidine rings is 1. The Morgan fingerprint density at radius 2 is 1.78 bits per heavy atom. The third-order valence-electron chi connectivity index (χ3n) is 5.05. The van der Waals surface area contributed by atoms with E-state index >= 15 is 0 Å². The van der Waals surface area contributed by atoms with Crippen molar-refractivity contribution in [1.29, 1.82) is 0 Å². The summed E-state index contributed by atoms with van der Waals surface area (Å²) in [4.78, 5) is 8.70. The van der Waals surface area contributed by atoms with Gasteiger partial charge in [-0.3, -0.25) is 4.98 Å². The van der Waals surface area contributed by atoms with E-state index in [0.717, 1.165) is 30.8 Å². The van der Waals surface area contributed by atoms with Crippen LogP contribution in [-0.2, 0) is 16.6 Å². The van der Waals surface area contributed by atoms with Crippen LogP contribution in [0.5, 0.6) is 0 Å². The number of imidazole rings is 1. The highest BCUT2D eigenvalue weighted by molar-refractivity contribution is 7.89. The van der Waals surface area contributed by atoms with Gasteiger partial charge in [0.2, 0.25) is 10.0 Å². The van der Waals surface area contributed by atoms with Gasteiger partial charge in [0.15, 0.2) is 0 Å². The first-order valence-corrected chi connectivity index (χ1v) is 10.6. The molecule has 1 aromatic carbocycles. The number of hydrogen-bond acceptors (Lipinski definition) is 4. The topological polar surface area (TPSA) is 68.1 Å². The molecule has 0 bridgehead atoms. The first-order valence-electron chi connectivity index (χ1n) is 9.11. The van der Waals surface area contributed by atoms with E-state index in [9.17, 15) is 8.42 Å². The summed E-state index contributed by atoms with van der Waals surface area (Å²) in [6, 6.07) is 13.4. The molecular formula is C20H22N4O2S. The van der Waals surface area contributed by atoms with Crippen molar-refractivity contribution in [1.82, 2.24) is 18.8 Å². The number of nitrogens with zero attached hydrogens (tertiary/aromatic N) is 4. The van der Waals surface area contributed by atoms with Crippen LogP contribution in [0.25, 0.3) is 11.4 Å². The number of benzene rings is 1. The molecule has 7 heteroatoms. The summed E-state index contributed by atoms with van der Waals surface area (Å²) in [7, 11) is -3.45. The van der Waals surface area contributed by atoms with Crippen LogP contribution in [0.15, 0.2) is 72.1 Å². The first-order chi connectivity index (χ1) is 13.1. The second kappa shape index (κ2) is 7.62. The Morgan fingerprint density at radius 1 is 1.00 bits per heavy atom. The molecule has 0 aliphatic carbocycles. The lowest BCUT2D eigenvalue weighted by atomic mass is 9.98. The summed E-state index contributed by atoms with van der Waals surface area (Å²) in [5.74, 6) is 1.39. The van der Waals surface area contributed by atoms with Crippen LogP contribution in [0.3, 0.4) is 0 Å². The molecule has 1 aliphatic heterocycles. The van der Waals surface area contributed by atoms with E-state index in [1.807, 2.05) is 30.6 Å². The Balaban J connectivity index is 1.42. The lowest BCUT2D eigenvalue weighted by Crippen LogP contribution is -2.39. The number of pyridine rings is 1. The zero-order chi connectivity index (χ0) is 18.7. The highest BCUT2D eigenvalue weighted by atomic mass is 32.2. The smallest absolute Gasteiger partial charge is 0.244 e. The van der Waals surface area contributed by atoms with Crippen LogP contribution < -0.4 is 0 Å². The summed E-state index contributed by atoms with van der Waals surface area (Å²) in [5, 5.41) is 0. The Bertz CT molecular complexity index is 979. The minimum Gasteiger partial charge on any atom is -0.331 e. The molecule has 3 heterocycles. The molecule has 2 aromatic heterocycles. The quantitative estimate of drug-likeness (QED) is 0.680. The molecular weight excluding hydrogens is 360 g/mol. The maximum Gasteiger partial charge on any atom is 0.244 e. The van der Waals surface area contributed by atoms with Gasteiger partial charge in [-0.05, 0) is 30.9 Å². The van der Waals surface area contributed by atoms with Gasteiger partial charge in [0, 0.05) is 50.0 Å². The summed E-state index contributed by atoms with van der Waals surface area (Å²) >= 11 is 0. The average molecular weight is 382 g/mol. The van der Waals surface area contributed by atoms with E-state index in [0.29, 0.717) is 19.0 Å². The van der Waals surface area contributed by atoms with Crippen LogP contribution in [0.2, 0.25) is 0 Å². The van der Waals surface area contributed by atoms with E-state index < -0.39 is 10.0 Å². The van der Waals surface area contributed by atoms with E-state index in [1.54, 1.807) is 22.6 Å². The van der Waals surface area contributed by atoms with Gasteiger partial charge in [-0.15, -0.1) is 0 Å². The van der Waals surface area contributed by atoms with Gasteiger partial charge in [0.05, 0.1) is 0 Å². The molecule has 6 nitrogen and oxygen atoms in total. The molecule has 0 radical (unpaired) electrons. The SMILES string of the molecule is O=S(=O)(c1cccnc1)N1CCC(Cn2ccnc2-c2ccccc2)CC1. The Kier molecular flexibility index (Phi) is 5.05. The summed E-state index contributed by atoms with van der Waals surface area (Å²) in [6.07, 6.45) is 8.50. The van der Waals surface area contributed by atoms with Crippen LogP contribution in [-0.4, -0.2) is 40.3 Å². The summed E-state index contributed by atoms with van der Waals surface area (Å²) in [6.45, 7) is 1.93. The van der Waals surface area contributed by atoms with Gasteiger partial charge >= 0.3 is 0 Å². The van der Waals surface area contributed by atoms with Gasteiger partial charge < -0.3 is 4.57 Å². The third kappa shape index (κ3) is 3.79. The van der Waals surface area contributed by atoms with Crippen LogP contribution in [0.4, 0.5) is 0 Å². The fraction of sp³-hybridized carbons (Fsp3) is 0.300. The molecule has 0 spiro atoms. The molecule has 0 atom stereocenters. The maximum absolute atomic E-state index is 12.7. The second-order valence-corrected chi connectivity index (χ2v) is 8.74. The van der Waals surface area contributed by atoms with Crippen molar-refractivity contribution in [2.45, 2.75) is 24.3 Å². The molecule has 140 valence electrons. The van der Waals surface area contributed by atoms with Crippen LogP contribution in [0, 0.1) is 5.92 Å². The highest BCUT2D eigenvalue weighted by Crippen LogP contribution is 2.26. The van der Waals surface area contributed by atoms with Gasteiger partial charge in [-0.1, -0.05) is 30.3 Å². The first kappa shape index (κ1) is 17.9. The lowest BCUT2D eigenvalue weighted by molar-refractivity contribution is 0.253. The van der Waals surface area contributed by atoms with E-state index in [4.69, 9.17) is 0 Å². The van der Waals surface area contributed by atoms with E-state index in [1.165, 1.54) is 6.20 Å². The summed E-state index contributed by atoms with van der Waals surface area (Å²) < 4.78 is 29.2. The molecule has 0 N–H and O–H groups in total. The van der Waals surface area contributed by atoms with Crippen molar-refractivity contribution in [3.63, 3.8) is 0 Å². The zero-order valence-electron chi connectivity index (χ0n) is 15.0. The minimum absolute atomic E-state index is 0.268. The standard InChI is InChI=1S/C20H22N4O2S/c25-27(26,19-7-4-10-21-15-19)24-12-8-17(9-13-24)16-23-14-11-22-20(23)18-5-2-1-3-6-18/h1-7,10-11,14-15,17H,8-9,12-13,16H2. The van der Waals surface area contributed by atoms with Gasteiger partial charge in [0.1, 0.15) is 10.7 Å². The Hall–Kier alpha value is -2.51. The minimum atomic E-state index is -3.45. The van der Waals surface area contributed by atoms with E-state index in [2.05, 4.69) is 26.7 Å². The van der Waals surface area contributed by atoms with Crippen LogP contribution in [0.1, 0.15) is 12.8 Å². The predicted octanol–water partition coefficient (Wildman–Crippen LogP) is 3.05. The number of sulfonamides is 1. The normalized spacial score (nSPS) is 16.4. The molecule has 0 amide bonds. The molecule has 1 aliphatic rings.